The van der Waals surface area contributed by atoms with Gasteiger partial charge in [-0.2, -0.15) is 0 Å². The first-order valence-electron chi connectivity index (χ1n) is 5.94. The van der Waals surface area contributed by atoms with Gasteiger partial charge in [0, 0.05) is 12.7 Å². The van der Waals surface area contributed by atoms with Gasteiger partial charge in [0.15, 0.2) is 10.8 Å². The Kier molecular flexibility index (Phi) is 5.00. The van der Waals surface area contributed by atoms with Crippen molar-refractivity contribution < 1.29 is 19.2 Å². The molecule has 0 radical (unpaired) electrons. The predicted molar refractivity (Wildman–Crippen MR) is 77.1 cm³/mol. The lowest BCUT2D eigenvalue weighted by molar-refractivity contribution is -0.109. The summed E-state index contributed by atoms with van der Waals surface area (Å²) >= 11 is 1.18. The topological polar surface area (TPSA) is 69.5 Å². The average molecular weight is 294 g/mol. The summed E-state index contributed by atoms with van der Waals surface area (Å²) in [5, 5.41) is 7.84. The lowest BCUT2D eigenvalue weighted by atomic mass is 10.1. The van der Waals surface area contributed by atoms with E-state index in [1.807, 2.05) is 24.3 Å². The zero-order valence-electron chi connectivity index (χ0n) is 11.2. The van der Waals surface area contributed by atoms with E-state index in [1.54, 1.807) is 0 Å². The highest BCUT2D eigenvalue weighted by Gasteiger charge is 2.28. The number of carbonyl (C=O) groups excluding carboxylic acids is 1. The summed E-state index contributed by atoms with van der Waals surface area (Å²) in [5.74, 6) is 1.44. The van der Waals surface area contributed by atoms with Crippen molar-refractivity contribution in [2.75, 3.05) is 19.5 Å². The lowest BCUT2D eigenvalue weighted by Crippen LogP contribution is -2.15. The maximum Gasteiger partial charge on any atom is 0.286 e. The van der Waals surface area contributed by atoms with Crippen LogP contribution in [0.3, 0.4) is 0 Å². The molecule has 1 aliphatic heterocycles. The molecule has 0 aromatic heterocycles. The molecule has 1 aliphatic rings. The number of carbonyl (C=O) groups is 1. The zero-order valence-corrected chi connectivity index (χ0v) is 12.0. The highest BCUT2D eigenvalue weighted by atomic mass is 32.2. The van der Waals surface area contributed by atoms with Crippen molar-refractivity contribution in [3.05, 3.63) is 29.8 Å². The van der Waals surface area contributed by atoms with Gasteiger partial charge in [-0.05, 0) is 17.3 Å². The van der Waals surface area contributed by atoms with Crippen LogP contribution in [0.2, 0.25) is 0 Å². The molecule has 0 atom stereocenters. The molecule has 0 spiro atoms. The van der Waals surface area contributed by atoms with Crippen LogP contribution >= 0.6 is 11.8 Å². The third-order valence-electron chi connectivity index (χ3n) is 2.36. The van der Waals surface area contributed by atoms with Crippen molar-refractivity contribution in [2.24, 2.45) is 10.3 Å². The van der Waals surface area contributed by atoms with E-state index < -0.39 is 0 Å². The van der Waals surface area contributed by atoms with Crippen LogP contribution in [0.4, 0.5) is 0 Å². The van der Waals surface area contributed by atoms with E-state index in [0.29, 0.717) is 23.8 Å². The SMILES string of the molecule is CO/N=C1\C(=N\OCCSC(C)=O)Oc2ccccc21. The van der Waals surface area contributed by atoms with Crippen LogP contribution in [0, 0.1) is 0 Å². The Morgan fingerprint density at radius 2 is 2.15 bits per heavy atom. The normalized spacial score (nSPS) is 16.9. The number of oxime groups is 2. The van der Waals surface area contributed by atoms with Crippen LogP contribution in [0.1, 0.15) is 12.5 Å². The second kappa shape index (κ2) is 6.95. The summed E-state index contributed by atoms with van der Waals surface area (Å²) in [6.07, 6.45) is 0. The van der Waals surface area contributed by atoms with E-state index in [2.05, 4.69) is 10.3 Å². The van der Waals surface area contributed by atoms with Crippen LogP contribution in [-0.4, -0.2) is 36.2 Å². The second-order valence-electron chi connectivity index (χ2n) is 3.79. The number of fused-ring (bicyclic) bond motifs is 1. The Bertz CT molecular complexity index is 557. The van der Waals surface area contributed by atoms with Crippen LogP contribution in [0.25, 0.3) is 0 Å². The van der Waals surface area contributed by atoms with Crippen LogP contribution in [0.5, 0.6) is 5.75 Å². The Labute approximate surface area is 120 Å². The van der Waals surface area contributed by atoms with E-state index >= 15 is 0 Å². The van der Waals surface area contributed by atoms with Gasteiger partial charge in [-0.25, -0.2) is 0 Å². The monoisotopic (exact) mass is 294 g/mol. The number of rotatable bonds is 5. The number of ether oxygens (including phenoxy) is 1. The van der Waals surface area contributed by atoms with Crippen molar-refractivity contribution in [2.45, 2.75) is 6.92 Å². The van der Waals surface area contributed by atoms with Crippen molar-refractivity contribution in [1.29, 1.82) is 0 Å². The molecular formula is C13H14N2O4S. The minimum atomic E-state index is 0.0485. The third kappa shape index (κ3) is 3.51. The third-order valence-corrected chi connectivity index (χ3v) is 3.14. The highest BCUT2D eigenvalue weighted by Crippen LogP contribution is 2.26. The summed E-state index contributed by atoms with van der Waals surface area (Å²) in [7, 11) is 1.45. The maximum atomic E-state index is 10.8. The van der Waals surface area contributed by atoms with Gasteiger partial charge in [0.2, 0.25) is 0 Å². The molecule has 0 amide bonds. The number of nitrogens with zero attached hydrogens (tertiary/aromatic N) is 2. The molecule has 0 saturated carbocycles. The van der Waals surface area contributed by atoms with Crippen LogP contribution in [0.15, 0.2) is 34.6 Å². The standard InChI is InChI=1S/C13H14N2O4S/c1-9(16)20-8-7-18-15-13-12(14-17-2)10-5-3-4-6-11(10)19-13/h3-6H,7-8H2,1-2H3/b14-12-,15-13-. The molecular weight excluding hydrogens is 280 g/mol. The van der Waals surface area contributed by atoms with E-state index in [4.69, 9.17) is 14.4 Å². The van der Waals surface area contributed by atoms with Crippen molar-refractivity contribution in [1.82, 2.24) is 0 Å². The van der Waals surface area contributed by atoms with E-state index in [1.165, 1.54) is 25.8 Å². The Hall–Kier alpha value is -2.02. The summed E-state index contributed by atoms with van der Waals surface area (Å²) in [4.78, 5) is 20.7. The van der Waals surface area contributed by atoms with Crippen LogP contribution in [-0.2, 0) is 14.5 Å². The first-order chi connectivity index (χ1) is 9.72. The molecule has 1 aromatic carbocycles. The smallest absolute Gasteiger partial charge is 0.286 e. The fourth-order valence-corrected chi connectivity index (χ4v) is 2.03. The largest absolute Gasteiger partial charge is 0.434 e. The molecule has 0 saturated heterocycles. The van der Waals surface area contributed by atoms with Gasteiger partial charge in [-0.1, -0.05) is 29.1 Å². The van der Waals surface area contributed by atoms with Gasteiger partial charge in [0.25, 0.3) is 5.90 Å². The number of thioether (sulfide) groups is 1. The first kappa shape index (κ1) is 14.4. The lowest BCUT2D eigenvalue weighted by Gasteiger charge is -2.00. The number of hydrogen-bond acceptors (Lipinski definition) is 7. The minimum Gasteiger partial charge on any atom is -0.434 e. The predicted octanol–water partition coefficient (Wildman–Crippen LogP) is 2.04. The first-order valence-corrected chi connectivity index (χ1v) is 6.93. The van der Waals surface area contributed by atoms with Gasteiger partial charge in [-0.3, -0.25) is 4.79 Å². The quantitative estimate of drug-likeness (QED) is 0.614. The molecule has 7 heteroatoms. The summed E-state index contributed by atoms with van der Waals surface area (Å²) in [6.45, 7) is 1.82. The summed E-state index contributed by atoms with van der Waals surface area (Å²) in [6, 6.07) is 7.41. The Morgan fingerprint density at radius 3 is 2.90 bits per heavy atom. The van der Waals surface area contributed by atoms with Gasteiger partial charge < -0.3 is 14.4 Å². The fraction of sp³-hybridized carbons (Fsp3) is 0.308. The Balaban J connectivity index is 2.02. The highest BCUT2D eigenvalue weighted by molar-refractivity contribution is 8.13. The fourth-order valence-electron chi connectivity index (χ4n) is 1.59. The molecule has 0 aliphatic carbocycles. The number of benzene rings is 1. The molecule has 1 heterocycles. The molecule has 6 nitrogen and oxygen atoms in total. The zero-order chi connectivity index (χ0) is 14.4. The van der Waals surface area contributed by atoms with E-state index in [0.717, 1.165) is 5.56 Å². The summed E-state index contributed by atoms with van der Waals surface area (Å²) in [5.41, 5.74) is 1.29. The van der Waals surface area contributed by atoms with Crippen molar-refractivity contribution >= 4 is 28.5 Å². The molecule has 2 rings (SSSR count). The number of hydrogen-bond donors (Lipinski definition) is 0. The molecule has 20 heavy (non-hydrogen) atoms. The molecule has 0 bridgehead atoms. The molecule has 0 unspecified atom stereocenters. The van der Waals surface area contributed by atoms with Gasteiger partial charge in [0.1, 0.15) is 19.5 Å². The maximum absolute atomic E-state index is 10.8. The molecule has 0 fully saturated rings. The van der Waals surface area contributed by atoms with Crippen molar-refractivity contribution in [3.8, 4) is 5.75 Å². The van der Waals surface area contributed by atoms with E-state index in [-0.39, 0.29) is 11.0 Å². The number of para-hydroxylation sites is 1. The Morgan fingerprint density at radius 1 is 1.35 bits per heavy atom. The molecule has 106 valence electrons. The van der Waals surface area contributed by atoms with Gasteiger partial charge >= 0.3 is 0 Å². The van der Waals surface area contributed by atoms with Crippen molar-refractivity contribution in [3.63, 3.8) is 0 Å². The van der Waals surface area contributed by atoms with Gasteiger partial charge in [-0.15, -0.1) is 0 Å². The van der Waals surface area contributed by atoms with Crippen LogP contribution < -0.4 is 4.74 Å². The molecule has 1 aromatic rings. The van der Waals surface area contributed by atoms with E-state index in [9.17, 15) is 4.79 Å². The average Bonchev–Trinajstić information content (AvgIpc) is 2.77. The molecule has 0 N–H and O–H groups in total. The summed E-state index contributed by atoms with van der Waals surface area (Å²) < 4.78 is 5.54. The van der Waals surface area contributed by atoms with Gasteiger partial charge in [0.05, 0.1) is 5.56 Å². The second-order valence-corrected chi connectivity index (χ2v) is 5.06. The minimum absolute atomic E-state index is 0.0485.